The average Bonchev–Trinajstić information content (AvgIpc) is 2.70. The fourth-order valence-corrected chi connectivity index (χ4v) is 2.83. The van der Waals surface area contributed by atoms with Crippen LogP contribution in [-0.4, -0.2) is 66.7 Å². The molecule has 0 radical (unpaired) electrons. The van der Waals surface area contributed by atoms with E-state index in [1.165, 1.54) is 12.1 Å². The highest BCUT2D eigenvalue weighted by Gasteiger charge is 2.21. The van der Waals surface area contributed by atoms with Crippen molar-refractivity contribution in [3.63, 3.8) is 0 Å². The van der Waals surface area contributed by atoms with Crippen molar-refractivity contribution in [2.24, 2.45) is 0 Å². The summed E-state index contributed by atoms with van der Waals surface area (Å²) in [5.41, 5.74) is 0.456. The van der Waals surface area contributed by atoms with Gasteiger partial charge in [0.25, 0.3) is 5.91 Å². The second kappa shape index (κ2) is 8.54. The third-order valence-electron chi connectivity index (χ3n) is 4.32. The predicted molar refractivity (Wildman–Crippen MR) is 99.1 cm³/mol. The van der Waals surface area contributed by atoms with Crippen LogP contribution in [-0.2, 0) is 4.79 Å². The Morgan fingerprint density at radius 3 is 2.44 bits per heavy atom. The van der Waals surface area contributed by atoms with Crippen molar-refractivity contribution in [3.05, 3.63) is 47.9 Å². The molecule has 0 saturated carbocycles. The van der Waals surface area contributed by atoms with E-state index in [0.717, 1.165) is 0 Å². The van der Waals surface area contributed by atoms with Crippen molar-refractivity contribution in [2.45, 2.75) is 0 Å². The second-order valence-electron chi connectivity index (χ2n) is 6.15. The van der Waals surface area contributed by atoms with Gasteiger partial charge < -0.3 is 15.5 Å². The largest absolute Gasteiger partial charge is 0.354 e. The molecule has 0 atom stereocenters. The third kappa shape index (κ3) is 4.76. The van der Waals surface area contributed by atoms with Gasteiger partial charge in [-0.1, -0.05) is 12.1 Å². The molecule has 0 aliphatic carbocycles. The first-order valence-electron chi connectivity index (χ1n) is 8.64. The molecule has 8 nitrogen and oxygen atoms in total. The molecule has 0 bridgehead atoms. The highest BCUT2D eigenvalue weighted by molar-refractivity contribution is 5.92. The van der Waals surface area contributed by atoms with Gasteiger partial charge in [0.1, 0.15) is 5.82 Å². The van der Waals surface area contributed by atoms with Crippen LogP contribution in [0.25, 0.3) is 0 Å². The summed E-state index contributed by atoms with van der Waals surface area (Å²) in [6, 6.07) is 9.49. The number of amides is 2. The molecule has 142 valence electrons. The molecule has 0 unspecified atom stereocenters. The van der Waals surface area contributed by atoms with Crippen LogP contribution in [0.15, 0.2) is 36.4 Å². The monoisotopic (exact) mass is 372 g/mol. The average molecular weight is 372 g/mol. The number of piperazine rings is 1. The van der Waals surface area contributed by atoms with Crippen molar-refractivity contribution in [3.8, 4) is 0 Å². The number of halogens is 1. The molecule has 3 rings (SSSR count). The van der Waals surface area contributed by atoms with E-state index in [-0.39, 0.29) is 29.7 Å². The number of hydrogen-bond donors (Lipinski definition) is 2. The van der Waals surface area contributed by atoms with Crippen molar-refractivity contribution in [1.82, 2.24) is 20.4 Å². The van der Waals surface area contributed by atoms with Gasteiger partial charge in [0.2, 0.25) is 5.91 Å². The first kappa shape index (κ1) is 18.7. The fourth-order valence-electron chi connectivity index (χ4n) is 2.83. The molecule has 2 amide bonds. The van der Waals surface area contributed by atoms with Crippen LogP contribution in [0, 0.1) is 5.82 Å². The Bertz CT molecular complexity index is 806. The molecule has 9 heteroatoms. The molecule has 2 aromatic rings. The van der Waals surface area contributed by atoms with Crippen LogP contribution in [0.2, 0.25) is 0 Å². The molecule has 2 N–H and O–H groups in total. The summed E-state index contributed by atoms with van der Waals surface area (Å²) in [7, 11) is 1.54. The Hall–Kier alpha value is -3.07. The molecule has 0 spiro atoms. The number of nitrogens with one attached hydrogen (secondary N) is 2. The standard InChI is InChI=1S/C18H21FN6O2/c1-20-18(27)15-6-7-16(23-22-15)25-10-8-24(9-11-25)12-17(26)21-14-5-3-2-4-13(14)19/h2-7H,8-12H2,1H3,(H,20,27)(H,21,26). The van der Waals surface area contributed by atoms with E-state index < -0.39 is 5.82 Å². The zero-order chi connectivity index (χ0) is 19.2. The summed E-state index contributed by atoms with van der Waals surface area (Å²) in [5, 5.41) is 13.1. The minimum absolute atomic E-state index is 0.188. The maximum atomic E-state index is 13.6. The molecule has 1 saturated heterocycles. The summed E-state index contributed by atoms with van der Waals surface area (Å²) in [6.07, 6.45) is 0. The van der Waals surface area contributed by atoms with Crippen LogP contribution >= 0.6 is 0 Å². The minimum atomic E-state index is -0.450. The zero-order valence-corrected chi connectivity index (χ0v) is 15.0. The number of aromatic nitrogens is 2. The number of para-hydroxylation sites is 1. The Morgan fingerprint density at radius 1 is 1.07 bits per heavy atom. The summed E-state index contributed by atoms with van der Waals surface area (Å²) < 4.78 is 13.6. The van der Waals surface area contributed by atoms with Crippen molar-refractivity contribution in [1.29, 1.82) is 0 Å². The number of carbonyl (C=O) groups excluding carboxylic acids is 2. The molecular weight excluding hydrogens is 351 g/mol. The minimum Gasteiger partial charge on any atom is -0.354 e. The lowest BCUT2D eigenvalue weighted by molar-refractivity contribution is -0.117. The Labute approximate surface area is 156 Å². The van der Waals surface area contributed by atoms with Gasteiger partial charge in [0.05, 0.1) is 12.2 Å². The lowest BCUT2D eigenvalue weighted by Crippen LogP contribution is -2.49. The Kier molecular flexibility index (Phi) is 5.92. The summed E-state index contributed by atoms with van der Waals surface area (Å²) >= 11 is 0. The highest BCUT2D eigenvalue weighted by atomic mass is 19.1. The van der Waals surface area contributed by atoms with Gasteiger partial charge in [0.15, 0.2) is 11.5 Å². The normalized spacial score (nSPS) is 14.7. The quantitative estimate of drug-likeness (QED) is 0.805. The fraction of sp³-hybridized carbons (Fsp3) is 0.333. The van der Waals surface area contributed by atoms with Gasteiger partial charge in [-0.2, -0.15) is 0 Å². The van der Waals surface area contributed by atoms with E-state index in [1.807, 2.05) is 9.80 Å². The van der Waals surface area contributed by atoms with Gasteiger partial charge in [-0.25, -0.2) is 4.39 Å². The summed E-state index contributed by atoms with van der Waals surface area (Å²) in [6.45, 7) is 2.90. The molecule has 1 fully saturated rings. The van der Waals surface area contributed by atoms with Crippen LogP contribution in [0.4, 0.5) is 15.9 Å². The van der Waals surface area contributed by atoms with Crippen molar-refractivity contribution >= 4 is 23.3 Å². The van der Waals surface area contributed by atoms with E-state index in [4.69, 9.17) is 0 Å². The maximum absolute atomic E-state index is 13.6. The SMILES string of the molecule is CNC(=O)c1ccc(N2CCN(CC(=O)Nc3ccccc3F)CC2)nn1. The number of hydrogen-bond acceptors (Lipinski definition) is 6. The summed E-state index contributed by atoms with van der Waals surface area (Å²) in [5.74, 6) is -0.282. The van der Waals surface area contributed by atoms with Crippen molar-refractivity contribution < 1.29 is 14.0 Å². The number of nitrogens with zero attached hydrogens (tertiary/aromatic N) is 4. The van der Waals surface area contributed by atoms with Gasteiger partial charge in [0, 0.05) is 33.2 Å². The van der Waals surface area contributed by atoms with E-state index in [9.17, 15) is 14.0 Å². The molecule has 27 heavy (non-hydrogen) atoms. The van der Waals surface area contributed by atoms with E-state index >= 15 is 0 Å². The molecule has 1 aliphatic heterocycles. The molecule has 1 aromatic carbocycles. The summed E-state index contributed by atoms with van der Waals surface area (Å²) in [4.78, 5) is 27.7. The van der Waals surface area contributed by atoms with E-state index in [2.05, 4.69) is 20.8 Å². The lowest BCUT2D eigenvalue weighted by atomic mass is 10.2. The second-order valence-corrected chi connectivity index (χ2v) is 6.15. The van der Waals surface area contributed by atoms with Gasteiger partial charge in [-0.3, -0.25) is 14.5 Å². The molecular formula is C18H21FN6O2. The molecule has 1 aromatic heterocycles. The zero-order valence-electron chi connectivity index (χ0n) is 15.0. The number of benzene rings is 1. The number of carbonyl (C=O) groups is 2. The smallest absolute Gasteiger partial charge is 0.271 e. The Balaban J connectivity index is 1.49. The Morgan fingerprint density at radius 2 is 1.81 bits per heavy atom. The van der Waals surface area contributed by atoms with Crippen LogP contribution in [0.1, 0.15) is 10.5 Å². The third-order valence-corrected chi connectivity index (χ3v) is 4.32. The van der Waals surface area contributed by atoms with E-state index in [0.29, 0.717) is 32.0 Å². The lowest BCUT2D eigenvalue weighted by Gasteiger charge is -2.34. The topological polar surface area (TPSA) is 90.5 Å². The van der Waals surface area contributed by atoms with Crippen LogP contribution in [0.5, 0.6) is 0 Å². The maximum Gasteiger partial charge on any atom is 0.271 e. The van der Waals surface area contributed by atoms with Gasteiger partial charge in [-0.05, 0) is 24.3 Å². The molecule has 2 heterocycles. The molecule has 1 aliphatic rings. The number of anilines is 2. The van der Waals surface area contributed by atoms with Crippen LogP contribution < -0.4 is 15.5 Å². The van der Waals surface area contributed by atoms with Crippen LogP contribution in [0.3, 0.4) is 0 Å². The number of rotatable bonds is 5. The first-order chi connectivity index (χ1) is 13.1. The van der Waals surface area contributed by atoms with Gasteiger partial charge in [-0.15, -0.1) is 10.2 Å². The first-order valence-corrected chi connectivity index (χ1v) is 8.64. The van der Waals surface area contributed by atoms with Crippen molar-refractivity contribution in [2.75, 3.05) is 50.0 Å². The highest BCUT2D eigenvalue weighted by Crippen LogP contribution is 2.14. The van der Waals surface area contributed by atoms with E-state index in [1.54, 1.807) is 31.3 Å². The predicted octanol–water partition coefficient (Wildman–Crippen LogP) is 0.736. The van der Waals surface area contributed by atoms with Gasteiger partial charge >= 0.3 is 0 Å².